The van der Waals surface area contributed by atoms with E-state index in [4.69, 9.17) is 0 Å². The molecule has 1 amide bonds. The zero-order valence-electron chi connectivity index (χ0n) is 10.9. The van der Waals surface area contributed by atoms with Crippen LogP contribution in [0.2, 0.25) is 0 Å². The first-order valence-electron chi connectivity index (χ1n) is 5.60. The lowest BCUT2D eigenvalue weighted by molar-refractivity contribution is -0.118. The summed E-state index contributed by atoms with van der Waals surface area (Å²) < 4.78 is 9.51. The first-order valence-corrected chi connectivity index (χ1v) is 10.0. The zero-order valence-corrected chi connectivity index (χ0v) is 14.0. The number of para-hydroxylation sites is 1. The standard InChI is InChI=1S/C12H15NO.Cl3OP/c1-12(2,3)13-10-7-5-4-6-9(10)8-11(13)14;1-5(2,3)4/h4-7H,8H2,1-3H3;. The SMILES string of the molecule is CC(C)(C)N1C(=O)Cc2ccccc21.O=P(Cl)(Cl)Cl. The van der Waals surface area contributed by atoms with Crippen LogP contribution in [0, 0.1) is 0 Å². The number of benzene rings is 1. The second-order valence-corrected chi connectivity index (χ2v) is 11.7. The van der Waals surface area contributed by atoms with Crippen LogP contribution in [0.5, 0.6) is 0 Å². The molecule has 0 bridgehead atoms. The molecule has 0 saturated heterocycles. The Hall–Kier alpha value is -0.210. The van der Waals surface area contributed by atoms with Crippen LogP contribution in [0.3, 0.4) is 0 Å². The number of nitrogens with zero attached hydrogens (tertiary/aromatic N) is 1. The predicted octanol–water partition coefficient (Wildman–Crippen LogP) is 5.19. The highest BCUT2D eigenvalue weighted by Crippen LogP contribution is 2.61. The van der Waals surface area contributed by atoms with E-state index < -0.39 is 5.20 Å². The van der Waals surface area contributed by atoms with E-state index >= 15 is 0 Å². The lowest BCUT2D eigenvalue weighted by Gasteiger charge is -2.32. The Morgan fingerprint density at radius 1 is 1.16 bits per heavy atom. The molecule has 0 fully saturated rings. The third-order valence-corrected chi connectivity index (χ3v) is 2.49. The van der Waals surface area contributed by atoms with Gasteiger partial charge in [0.2, 0.25) is 5.91 Å². The number of anilines is 1. The van der Waals surface area contributed by atoms with Crippen molar-refractivity contribution in [2.75, 3.05) is 4.90 Å². The Morgan fingerprint density at radius 2 is 1.63 bits per heavy atom. The highest BCUT2D eigenvalue weighted by atomic mass is 36.0. The monoisotopic (exact) mass is 341 g/mol. The van der Waals surface area contributed by atoms with Crippen molar-refractivity contribution in [1.29, 1.82) is 0 Å². The van der Waals surface area contributed by atoms with Crippen molar-refractivity contribution in [3.63, 3.8) is 0 Å². The summed E-state index contributed by atoms with van der Waals surface area (Å²) in [6, 6.07) is 8.01. The van der Waals surface area contributed by atoms with Gasteiger partial charge in [0.15, 0.2) is 0 Å². The van der Waals surface area contributed by atoms with Gasteiger partial charge in [0.05, 0.1) is 6.42 Å². The molecule has 1 aliphatic rings. The maximum atomic E-state index is 11.8. The van der Waals surface area contributed by atoms with Crippen molar-refractivity contribution >= 4 is 50.5 Å². The summed E-state index contributed by atoms with van der Waals surface area (Å²) >= 11 is 13.8. The van der Waals surface area contributed by atoms with E-state index in [9.17, 15) is 9.36 Å². The summed E-state index contributed by atoms with van der Waals surface area (Å²) in [6.07, 6.45) is 0.549. The molecule has 106 valence electrons. The molecule has 0 aliphatic carbocycles. The number of rotatable bonds is 0. The summed E-state index contributed by atoms with van der Waals surface area (Å²) in [5, 5.41) is -3.22. The summed E-state index contributed by atoms with van der Waals surface area (Å²) in [7, 11) is 0. The molecular weight excluding hydrogens is 327 g/mol. The Morgan fingerprint density at radius 3 is 2.11 bits per heavy atom. The molecule has 0 spiro atoms. The highest BCUT2D eigenvalue weighted by molar-refractivity contribution is 8.24. The topological polar surface area (TPSA) is 37.4 Å². The number of amides is 1. The molecule has 0 unspecified atom stereocenters. The van der Waals surface area contributed by atoms with Gasteiger partial charge < -0.3 is 4.90 Å². The molecule has 19 heavy (non-hydrogen) atoms. The molecular formula is C12H15Cl3NO2P. The number of fused-ring (bicyclic) bond motifs is 1. The van der Waals surface area contributed by atoms with Gasteiger partial charge in [-0.1, -0.05) is 18.2 Å². The van der Waals surface area contributed by atoms with E-state index in [-0.39, 0.29) is 11.4 Å². The van der Waals surface area contributed by atoms with Crippen molar-refractivity contribution in [2.45, 2.75) is 32.7 Å². The first kappa shape index (κ1) is 16.8. The molecule has 1 aromatic carbocycles. The van der Waals surface area contributed by atoms with Crippen LogP contribution in [-0.4, -0.2) is 11.4 Å². The Kier molecular flexibility index (Phi) is 5.36. The van der Waals surface area contributed by atoms with Crippen molar-refractivity contribution in [3.05, 3.63) is 29.8 Å². The van der Waals surface area contributed by atoms with Gasteiger partial charge in [-0.3, -0.25) is 9.36 Å². The van der Waals surface area contributed by atoms with E-state index in [0.29, 0.717) is 6.42 Å². The van der Waals surface area contributed by atoms with E-state index in [1.165, 1.54) is 0 Å². The molecule has 2 rings (SSSR count). The minimum atomic E-state index is -3.22. The fourth-order valence-corrected chi connectivity index (χ4v) is 1.99. The number of halogens is 3. The predicted molar refractivity (Wildman–Crippen MR) is 82.6 cm³/mol. The van der Waals surface area contributed by atoms with Crippen LogP contribution in [0.15, 0.2) is 24.3 Å². The molecule has 0 atom stereocenters. The van der Waals surface area contributed by atoms with Crippen LogP contribution in [0.1, 0.15) is 26.3 Å². The van der Waals surface area contributed by atoms with E-state index in [2.05, 4.69) is 54.5 Å². The molecule has 0 N–H and O–H groups in total. The second kappa shape index (κ2) is 6.05. The van der Waals surface area contributed by atoms with Gasteiger partial charge in [0, 0.05) is 11.2 Å². The number of carbonyl (C=O) groups excluding carboxylic acids is 1. The lowest BCUT2D eigenvalue weighted by atomic mass is 10.1. The van der Waals surface area contributed by atoms with Crippen molar-refractivity contribution in [3.8, 4) is 0 Å². The van der Waals surface area contributed by atoms with Crippen molar-refractivity contribution < 1.29 is 9.36 Å². The fourth-order valence-electron chi connectivity index (χ4n) is 1.99. The molecule has 1 heterocycles. The summed E-state index contributed by atoms with van der Waals surface area (Å²) in [5.41, 5.74) is 2.10. The van der Waals surface area contributed by atoms with E-state index in [1.807, 2.05) is 29.2 Å². The van der Waals surface area contributed by atoms with Gasteiger partial charge in [0.25, 0.3) is 0 Å². The molecule has 3 nitrogen and oxygen atoms in total. The van der Waals surface area contributed by atoms with Gasteiger partial charge in [0.1, 0.15) is 0 Å². The van der Waals surface area contributed by atoms with Crippen LogP contribution < -0.4 is 4.90 Å². The minimum absolute atomic E-state index is 0.121. The van der Waals surface area contributed by atoms with Gasteiger partial charge in [-0.15, -0.1) is 0 Å². The highest BCUT2D eigenvalue weighted by Gasteiger charge is 2.34. The van der Waals surface area contributed by atoms with Crippen LogP contribution >= 0.6 is 38.9 Å². The van der Waals surface area contributed by atoms with Gasteiger partial charge in [-0.05, 0) is 66.1 Å². The van der Waals surface area contributed by atoms with E-state index in [1.54, 1.807) is 0 Å². The summed E-state index contributed by atoms with van der Waals surface area (Å²) in [5.74, 6) is 0.207. The lowest BCUT2D eigenvalue weighted by Crippen LogP contribution is -2.43. The Bertz CT molecular complexity index is 514. The molecule has 1 aliphatic heterocycles. The van der Waals surface area contributed by atoms with Crippen molar-refractivity contribution in [1.82, 2.24) is 0 Å². The maximum Gasteiger partial charge on any atom is 0.339 e. The van der Waals surface area contributed by atoms with Crippen LogP contribution in [0.4, 0.5) is 5.69 Å². The van der Waals surface area contributed by atoms with Crippen molar-refractivity contribution in [2.24, 2.45) is 0 Å². The quantitative estimate of drug-likeness (QED) is 0.609. The molecule has 0 saturated carbocycles. The number of hydrogen-bond acceptors (Lipinski definition) is 2. The fraction of sp³-hybridized carbons (Fsp3) is 0.417. The normalized spacial score (nSPS) is 14.8. The number of hydrogen-bond donors (Lipinski definition) is 0. The summed E-state index contributed by atoms with van der Waals surface area (Å²) in [4.78, 5) is 13.7. The largest absolute Gasteiger partial charge is 0.339 e. The molecule has 0 radical (unpaired) electrons. The van der Waals surface area contributed by atoms with Gasteiger partial charge in [-0.2, -0.15) is 0 Å². The van der Waals surface area contributed by atoms with E-state index in [0.717, 1.165) is 11.3 Å². The second-order valence-electron chi connectivity index (χ2n) is 5.10. The molecule has 0 aromatic heterocycles. The number of carbonyl (C=O) groups is 1. The Balaban J connectivity index is 0.000000312. The third-order valence-electron chi connectivity index (χ3n) is 2.49. The molecule has 1 aromatic rings. The summed E-state index contributed by atoms with van der Waals surface area (Å²) in [6.45, 7) is 6.19. The van der Waals surface area contributed by atoms with Crippen LogP contribution in [-0.2, 0) is 15.8 Å². The average Bonchev–Trinajstić information content (AvgIpc) is 2.49. The first-order chi connectivity index (χ1) is 8.50. The maximum absolute atomic E-state index is 11.8. The van der Waals surface area contributed by atoms with Gasteiger partial charge in [-0.25, -0.2) is 0 Å². The third kappa shape index (κ3) is 5.35. The molecule has 7 heteroatoms. The zero-order chi connectivity index (χ0) is 14.8. The van der Waals surface area contributed by atoms with Crippen LogP contribution in [0.25, 0.3) is 0 Å². The Labute approximate surface area is 127 Å². The minimum Gasteiger partial charge on any atom is -0.307 e. The average molecular weight is 343 g/mol. The smallest absolute Gasteiger partial charge is 0.307 e. The van der Waals surface area contributed by atoms with Gasteiger partial charge >= 0.3 is 5.20 Å².